The topological polar surface area (TPSA) is 70.6 Å². The van der Waals surface area contributed by atoms with Crippen LogP contribution in [-0.4, -0.2) is 60.2 Å². The summed E-state index contributed by atoms with van der Waals surface area (Å²) in [6.07, 6.45) is 7.32. The van der Waals surface area contributed by atoms with Gasteiger partial charge in [0.1, 0.15) is 23.7 Å². The summed E-state index contributed by atoms with van der Waals surface area (Å²) >= 11 is 0. The number of nitrogens with zero attached hydrogens (tertiary/aromatic N) is 4. The highest BCUT2D eigenvalue weighted by Crippen LogP contribution is 2.30. The van der Waals surface area contributed by atoms with E-state index < -0.39 is 0 Å². The Balaban J connectivity index is 1.40. The minimum absolute atomic E-state index is 0.0365. The average molecular weight is 413 g/mol. The van der Waals surface area contributed by atoms with Gasteiger partial charge in [0.2, 0.25) is 0 Å². The fraction of sp³-hybridized carbons (Fsp3) is 0.500. The highest BCUT2D eigenvalue weighted by Gasteiger charge is 2.24. The van der Waals surface area contributed by atoms with Crippen LogP contribution < -0.4 is 15.0 Å². The molecule has 30 heavy (non-hydrogen) atoms. The number of hydrogen-bond donors (Lipinski definition) is 1. The van der Waals surface area contributed by atoms with E-state index >= 15 is 0 Å². The molecule has 0 unspecified atom stereocenters. The lowest BCUT2D eigenvalue weighted by Crippen LogP contribution is -2.53. The summed E-state index contributed by atoms with van der Waals surface area (Å²) in [6, 6.07) is 6.57. The number of halogens is 1. The smallest absolute Gasteiger partial charge is 0.317 e. The van der Waals surface area contributed by atoms with Gasteiger partial charge in [-0.25, -0.2) is 19.2 Å². The third-order valence-electron chi connectivity index (χ3n) is 5.91. The highest BCUT2D eigenvalue weighted by atomic mass is 19.1. The maximum Gasteiger partial charge on any atom is 0.317 e. The molecule has 0 bridgehead atoms. The molecule has 7 nitrogen and oxygen atoms in total. The van der Waals surface area contributed by atoms with Gasteiger partial charge in [0.05, 0.1) is 12.8 Å². The molecule has 1 saturated carbocycles. The van der Waals surface area contributed by atoms with E-state index in [4.69, 9.17) is 4.74 Å². The number of nitrogens with one attached hydrogen (secondary N) is 1. The van der Waals surface area contributed by atoms with Crippen LogP contribution >= 0.6 is 0 Å². The number of anilines is 1. The van der Waals surface area contributed by atoms with Gasteiger partial charge in [0.25, 0.3) is 0 Å². The summed E-state index contributed by atoms with van der Waals surface area (Å²) in [5.74, 6) is 0.979. The van der Waals surface area contributed by atoms with Gasteiger partial charge in [0.15, 0.2) is 0 Å². The molecule has 1 N–H and O–H groups in total. The second kappa shape index (κ2) is 9.28. The van der Waals surface area contributed by atoms with Crippen LogP contribution in [0.2, 0.25) is 0 Å². The zero-order valence-corrected chi connectivity index (χ0v) is 17.3. The molecule has 160 valence electrons. The summed E-state index contributed by atoms with van der Waals surface area (Å²) in [5, 5.41) is 3.19. The predicted octanol–water partition coefficient (Wildman–Crippen LogP) is 3.46. The van der Waals surface area contributed by atoms with Crippen LogP contribution in [0.25, 0.3) is 11.3 Å². The molecule has 1 saturated heterocycles. The van der Waals surface area contributed by atoms with Gasteiger partial charge >= 0.3 is 6.03 Å². The second-order valence-corrected chi connectivity index (χ2v) is 7.86. The third kappa shape index (κ3) is 4.63. The maximum absolute atomic E-state index is 13.8. The van der Waals surface area contributed by atoms with Crippen molar-refractivity contribution >= 4 is 11.8 Å². The normalized spacial score (nSPS) is 17.7. The summed E-state index contributed by atoms with van der Waals surface area (Å²) in [5.41, 5.74) is 1.19. The first-order valence-electron chi connectivity index (χ1n) is 10.6. The molecular weight excluding hydrogens is 385 g/mol. The van der Waals surface area contributed by atoms with E-state index in [-0.39, 0.29) is 11.8 Å². The van der Waals surface area contributed by atoms with Crippen molar-refractivity contribution in [2.75, 3.05) is 38.2 Å². The number of piperazine rings is 1. The number of rotatable bonds is 4. The minimum Gasteiger partial charge on any atom is -0.496 e. The number of carbonyl (C=O) groups excluding carboxylic acids is 1. The van der Waals surface area contributed by atoms with Crippen molar-refractivity contribution in [1.29, 1.82) is 0 Å². The Morgan fingerprint density at radius 2 is 1.87 bits per heavy atom. The van der Waals surface area contributed by atoms with Crippen molar-refractivity contribution in [2.45, 2.75) is 38.1 Å². The quantitative estimate of drug-likeness (QED) is 0.831. The minimum atomic E-state index is -0.344. The molecule has 4 rings (SSSR count). The summed E-state index contributed by atoms with van der Waals surface area (Å²) in [6.45, 7) is 2.66. The lowest BCUT2D eigenvalue weighted by atomic mass is 9.96. The molecule has 8 heteroatoms. The standard InChI is InChI=1S/C22H28FN5O2/c1-30-20-8-7-16(23)13-18(20)19-14-21(25-15-24-19)27-9-11-28(12-10-27)22(29)26-17-5-3-2-4-6-17/h7-8,13-15,17H,2-6,9-12H2,1H3,(H,26,29). The van der Waals surface area contributed by atoms with Crippen molar-refractivity contribution in [3.8, 4) is 17.0 Å². The van der Waals surface area contributed by atoms with Gasteiger partial charge in [-0.1, -0.05) is 19.3 Å². The molecule has 1 aromatic carbocycles. The van der Waals surface area contributed by atoms with Gasteiger partial charge < -0.3 is 19.9 Å². The van der Waals surface area contributed by atoms with Crippen LogP contribution in [-0.2, 0) is 0 Å². The summed E-state index contributed by atoms with van der Waals surface area (Å²) in [7, 11) is 1.55. The van der Waals surface area contributed by atoms with E-state index in [0.29, 0.717) is 49.2 Å². The monoisotopic (exact) mass is 413 g/mol. The van der Waals surface area contributed by atoms with Gasteiger partial charge in [-0.2, -0.15) is 0 Å². The molecular formula is C22H28FN5O2. The Bertz CT molecular complexity index is 880. The van der Waals surface area contributed by atoms with Gasteiger partial charge in [-0.05, 0) is 31.0 Å². The van der Waals surface area contributed by atoms with Gasteiger partial charge in [0, 0.05) is 43.9 Å². The second-order valence-electron chi connectivity index (χ2n) is 7.86. The first kappa shape index (κ1) is 20.4. The summed E-state index contributed by atoms with van der Waals surface area (Å²) < 4.78 is 19.1. The van der Waals surface area contributed by atoms with Crippen LogP contribution in [0.1, 0.15) is 32.1 Å². The molecule has 1 aromatic heterocycles. The molecule has 2 amide bonds. The maximum atomic E-state index is 13.8. The first-order valence-corrected chi connectivity index (χ1v) is 10.6. The van der Waals surface area contributed by atoms with Crippen LogP contribution in [0.3, 0.4) is 0 Å². The molecule has 2 aromatic rings. The van der Waals surface area contributed by atoms with Crippen LogP contribution in [0.5, 0.6) is 5.75 Å². The molecule has 0 spiro atoms. The number of amides is 2. The van der Waals surface area contributed by atoms with Crippen molar-refractivity contribution in [2.24, 2.45) is 0 Å². The van der Waals surface area contributed by atoms with Crippen molar-refractivity contribution in [1.82, 2.24) is 20.2 Å². The largest absolute Gasteiger partial charge is 0.496 e. The number of urea groups is 1. The first-order chi connectivity index (χ1) is 14.6. The van der Waals surface area contributed by atoms with E-state index in [1.807, 2.05) is 11.0 Å². The van der Waals surface area contributed by atoms with Crippen LogP contribution in [0.15, 0.2) is 30.6 Å². The van der Waals surface area contributed by atoms with Crippen molar-refractivity contribution in [3.63, 3.8) is 0 Å². The van der Waals surface area contributed by atoms with E-state index in [0.717, 1.165) is 18.7 Å². The number of ether oxygens (including phenoxy) is 1. The number of aromatic nitrogens is 2. The zero-order valence-electron chi connectivity index (χ0n) is 17.3. The number of hydrogen-bond acceptors (Lipinski definition) is 5. The fourth-order valence-electron chi connectivity index (χ4n) is 4.20. The lowest BCUT2D eigenvalue weighted by molar-refractivity contribution is 0.186. The number of benzene rings is 1. The Hall–Kier alpha value is -2.90. The molecule has 1 aliphatic heterocycles. The van der Waals surface area contributed by atoms with Crippen LogP contribution in [0, 0.1) is 5.82 Å². The third-order valence-corrected chi connectivity index (χ3v) is 5.91. The average Bonchev–Trinajstić information content (AvgIpc) is 2.80. The molecule has 2 fully saturated rings. The van der Waals surface area contributed by atoms with Crippen LogP contribution in [0.4, 0.5) is 15.0 Å². The predicted molar refractivity (Wildman–Crippen MR) is 113 cm³/mol. The molecule has 0 radical (unpaired) electrons. The van der Waals surface area contributed by atoms with E-state index in [1.54, 1.807) is 13.2 Å². The zero-order chi connectivity index (χ0) is 20.9. The van der Waals surface area contributed by atoms with Gasteiger partial charge in [-0.15, -0.1) is 0 Å². The Morgan fingerprint density at radius 3 is 2.60 bits per heavy atom. The van der Waals surface area contributed by atoms with Crippen molar-refractivity contribution < 1.29 is 13.9 Å². The number of methoxy groups -OCH3 is 1. The molecule has 1 aliphatic carbocycles. The number of carbonyl (C=O) groups is 1. The van der Waals surface area contributed by atoms with E-state index in [1.165, 1.54) is 37.7 Å². The molecule has 2 aliphatic rings. The fourth-order valence-corrected chi connectivity index (χ4v) is 4.20. The van der Waals surface area contributed by atoms with E-state index in [9.17, 15) is 9.18 Å². The molecule has 0 atom stereocenters. The lowest BCUT2D eigenvalue weighted by Gasteiger charge is -2.36. The van der Waals surface area contributed by atoms with Crippen molar-refractivity contribution in [3.05, 3.63) is 36.4 Å². The van der Waals surface area contributed by atoms with E-state index in [2.05, 4.69) is 20.2 Å². The highest BCUT2D eigenvalue weighted by molar-refractivity contribution is 5.75. The summed E-state index contributed by atoms with van der Waals surface area (Å²) in [4.78, 5) is 25.3. The SMILES string of the molecule is COc1ccc(F)cc1-c1cc(N2CCN(C(=O)NC3CCCCC3)CC2)ncn1. The molecule has 2 heterocycles. The Kier molecular flexibility index (Phi) is 6.30. The Labute approximate surface area is 176 Å². The Morgan fingerprint density at radius 1 is 1.10 bits per heavy atom. The van der Waals surface area contributed by atoms with Gasteiger partial charge in [-0.3, -0.25) is 0 Å².